The Morgan fingerprint density at radius 1 is 1.14 bits per heavy atom. The van der Waals surface area contributed by atoms with Gasteiger partial charge < -0.3 is 5.48 Å². The van der Waals surface area contributed by atoms with Crippen LogP contribution in [0.3, 0.4) is 0 Å². The second-order valence-corrected chi connectivity index (χ2v) is 3.62. The van der Waals surface area contributed by atoms with Gasteiger partial charge in [0.25, 0.3) is 0 Å². The van der Waals surface area contributed by atoms with Crippen LogP contribution in [0.15, 0.2) is 24.9 Å². The molecule has 0 aromatic heterocycles. The maximum atomic E-state index is 3.84. The topological polar surface area (TPSA) is 30.0 Å². The fourth-order valence-electron chi connectivity index (χ4n) is 1.97. The second kappa shape index (κ2) is 8.97. The smallest absolute Gasteiger partial charge is 0.101 e. The lowest BCUT2D eigenvalue weighted by Crippen LogP contribution is -2.44. The first-order chi connectivity index (χ1) is 6.24. The van der Waals surface area contributed by atoms with Crippen molar-refractivity contribution in [3.63, 3.8) is 0 Å². The van der Waals surface area contributed by atoms with Gasteiger partial charge in [-0.1, -0.05) is 20.4 Å². The lowest BCUT2D eigenvalue weighted by molar-refractivity contribution is -0.873. The first-order valence-corrected chi connectivity index (χ1v) is 5.35. The third-order valence-electron chi connectivity index (χ3n) is 2.30. The van der Waals surface area contributed by atoms with E-state index in [2.05, 4.69) is 39.6 Å². The maximum absolute atomic E-state index is 3.84. The minimum absolute atomic E-state index is 0. The summed E-state index contributed by atoms with van der Waals surface area (Å²) < 4.78 is 1.08. The lowest BCUT2D eigenvalue weighted by Gasteiger charge is -2.33. The largest absolute Gasteiger partial charge is 0.870 e. The van der Waals surface area contributed by atoms with Gasteiger partial charge in [0.15, 0.2) is 0 Å². The molecule has 0 heterocycles. The Morgan fingerprint density at radius 2 is 1.64 bits per heavy atom. The predicted molar refractivity (Wildman–Crippen MR) is 62.4 cm³/mol. The van der Waals surface area contributed by atoms with Crippen molar-refractivity contribution in [2.24, 2.45) is 0 Å². The van der Waals surface area contributed by atoms with Crippen LogP contribution >= 0.6 is 0 Å². The molecule has 0 aliphatic rings. The molecular formula is C12H25NO. The second-order valence-electron chi connectivity index (χ2n) is 3.62. The summed E-state index contributed by atoms with van der Waals surface area (Å²) in [5.41, 5.74) is 0. The van der Waals surface area contributed by atoms with E-state index in [1.165, 1.54) is 25.9 Å². The summed E-state index contributed by atoms with van der Waals surface area (Å²) in [6.07, 6.45) is 8.98. The SMILES string of the molecule is C=CC[N+](C=CC)(CCC)CCC.[OH-]. The molecule has 0 aliphatic carbocycles. The Morgan fingerprint density at radius 3 is 1.93 bits per heavy atom. The van der Waals surface area contributed by atoms with Crippen molar-refractivity contribution in [2.75, 3.05) is 19.6 Å². The third-order valence-corrected chi connectivity index (χ3v) is 2.30. The van der Waals surface area contributed by atoms with E-state index in [0.717, 1.165) is 11.0 Å². The normalized spacial score (nSPS) is 11.4. The lowest BCUT2D eigenvalue weighted by atomic mass is 10.2. The summed E-state index contributed by atoms with van der Waals surface area (Å²) in [6.45, 7) is 13.9. The molecular weight excluding hydrogens is 174 g/mol. The van der Waals surface area contributed by atoms with Crippen LogP contribution in [-0.2, 0) is 0 Å². The van der Waals surface area contributed by atoms with E-state index in [1.54, 1.807) is 0 Å². The van der Waals surface area contributed by atoms with Gasteiger partial charge in [0.05, 0.1) is 19.3 Å². The van der Waals surface area contributed by atoms with Crippen molar-refractivity contribution >= 4 is 0 Å². The van der Waals surface area contributed by atoms with E-state index in [-0.39, 0.29) is 5.48 Å². The summed E-state index contributed by atoms with van der Waals surface area (Å²) >= 11 is 0. The summed E-state index contributed by atoms with van der Waals surface area (Å²) in [5, 5.41) is 0. The molecule has 0 rings (SSSR count). The number of quaternary nitrogens is 1. The zero-order valence-corrected chi connectivity index (χ0v) is 9.87. The van der Waals surface area contributed by atoms with E-state index in [0.29, 0.717) is 0 Å². The van der Waals surface area contributed by atoms with Gasteiger partial charge in [0.1, 0.15) is 6.54 Å². The van der Waals surface area contributed by atoms with Crippen LogP contribution in [0, 0.1) is 0 Å². The molecule has 0 saturated heterocycles. The highest BCUT2D eigenvalue weighted by molar-refractivity contribution is 4.74. The summed E-state index contributed by atoms with van der Waals surface area (Å²) in [5.74, 6) is 0. The molecule has 0 radical (unpaired) electrons. The zero-order valence-electron chi connectivity index (χ0n) is 9.87. The van der Waals surface area contributed by atoms with Crippen LogP contribution in [0.5, 0.6) is 0 Å². The highest BCUT2D eigenvalue weighted by atomic mass is 16.0. The molecule has 2 nitrogen and oxygen atoms in total. The fourth-order valence-corrected chi connectivity index (χ4v) is 1.97. The molecule has 84 valence electrons. The van der Waals surface area contributed by atoms with Crippen LogP contribution in [0.25, 0.3) is 0 Å². The van der Waals surface area contributed by atoms with Gasteiger partial charge >= 0.3 is 0 Å². The summed E-state index contributed by atoms with van der Waals surface area (Å²) in [6, 6.07) is 0. The first-order valence-electron chi connectivity index (χ1n) is 5.35. The standard InChI is InChI=1S/C12H24N.H2O/c1-5-9-13(10-6-2,11-7-3)12-8-4;/h5-6,10H,1,7-9,11-12H2,2-4H3;1H2/q+1;/p-1. The Hall–Kier alpha value is -0.600. The molecule has 0 fully saturated rings. The monoisotopic (exact) mass is 199 g/mol. The molecule has 0 aromatic carbocycles. The first kappa shape index (κ1) is 15.9. The molecule has 0 spiro atoms. The molecule has 0 unspecified atom stereocenters. The zero-order chi connectivity index (χ0) is 10.2. The minimum Gasteiger partial charge on any atom is -0.870 e. The van der Waals surface area contributed by atoms with Crippen molar-refractivity contribution in [1.82, 2.24) is 0 Å². The van der Waals surface area contributed by atoms with Crippen LogP contribution in [0.4, 0.5) is 0 Å². The van der Waals surface area contributed by atoms with Crippen LogP contribution < -0.4 is 0 Å². The van der Waals surface area contributed by atoms with Crippen molar-refractivity contribution in [2.45, 2.75) is 33.6 Å². The number of hydrogen-bond donors (Lipinski definition) is 0. The number of nitrogens with zero attached hydrogens (tertiary/aromatic N) is 1. The van der Waals surface area contributed by atoms with Crippen molar-refractivity contribution < 1.29 is 9.96 Å². The van der Waals surface area contributed by atoms with Crippen molar-refractivity contribution in [3.05, 3.63) is 24.9 Å². The Kier molecular flexibility index (Phi) is 10.2. The predicted octanol–water partition coefficient (Wildman–Crippen LogP) is 3.17. The average Bonchev–Trinajstić information content (AvgIpc) is 2.06. The minimum atomic E-state index is 0. The summed E-state index contributed by atoms with van der Waals surface area (Å²) in [4.78, 5) is 0. The number of hydrogen-bond acceptors (Lipinski definition) is 1. The van der Waals surface area contributed by atoms with Gasteiger partial charge in [0, 0.05) is 0 Å². The van der Waals surface area contributed by atoms with E-state index in [4.69, 9.17) is 0 Å². The molecule has 0 amide bonds. The highest BCUT2D eigenvalue weighted by Gasteiger charge is 2.19. The van der Waals surface area contributed by atoms with Crippen molar-refractivity contribution in [3.8, 4) is 0 Å². The Bertz CT molecular complexity index is 158. The van der Waals surface area contributed by atoms with Gasteiger partial charge in [0.2, 0.25) is 0 Å². The van der Waals surface area contributed by atoms with Crippen LogP contribution in [0.2, 0.25) is 0 Å². The number of allylic oxidation sites excluding steroid dienone is 1. The average molecular weight is 199 g/mol. The molecule has 1 N–H and O–H groups in total. The molecule has 0 atom stereocenters. The van der Waals surface area contributed by atoms with Crippen LogP contribution in [0.1, 0.15) is 33.6 Å². The van der Waals surface area contributed by atoms with E-state index in [1.807, 2.05) is 6.08 Å². The quantitative estimate of drug-likeness (QED) is 0.457. The highest BCUT2D eigenvalue weighted by Crippen LogP contribution is 2.11. The molecule has 0 saturated carbocycles. The molecule has 2 heteroatoms. The van der Waals surface area contributed by atoms with E-state index in [9.17, 15) is 0 Å². The van der Waals surface area contributed by atoms with Gasteiger partial charge in [-0.2, -0.15) is 0 Å². The van der Waals surface area contributed by atoms with Gasteiger partial charge in [-0.25, -0.2) is 0 Å². The Labute approximate surface area is 88.8 Å². The molecule has 0 bridgehead atoms. The van der Waals surface area contributed by atoms with Gasteiger partial charge in [-0.15, -0.1) is 0 Å². The van der Waals surface area contributed by atoms with E-state index >= 15 is 0 Å². The Balaban J connectivity index is 0. The molecule has 14 heavy (non-hydrogen) atoms. The third kappa shape index (κ3) is 5.20. The number of rotatable bonds is 7. The fraction of sp³-hybridized carbons (Fsp3) is 0.667. The van der Waals surface area contributed by atoms with Crippen molar-refractivity contribution in [1.29, 1.82) is 0 Å². The van der Waals surface area contributed by atoms with Gasteiger partial charge in [-0.05, 0) is 31.9 Å². The maximum Gasteiger partial charge on any atom is 0.101 e. The summed E-state index contributed by atoms with van der Waals surface area (Å²) in [7, 11) is 0. The molecule has 0 aromatic rings. The van der Waals surface area contributed by atoms with Crippen LogP contribution in [-0.4, -0.2) is 29.6 Å². The van der Waals surface area contributed by atoms with E-state index < -0.39 is 0 Å². The van der Waals surface area contributed by atoms with Gasteiger partial charge in [-0.3, -0.25) is 4.48 Å². The molecule has 0 aliphatic heterocycles.